The maximum atomic E-state index is 11.5. The highest BCUT2D eigenvalue weighted by Crippen LogP contribution is 2.17. The van der Waals surface area contributed by atoms with Gasteiger partial charge in [-0.25, -0.2) is 4.79 Å². The summed E-state index contributed by atoms with van der Waals surface area (Å²) in [5.74, 6) is -1.01. The van der Waals surface area contributed by atoms with E-state index in [2.05, 4.69) is 6.58 Å². The lowest BCUT2D eigenvalue weighted by Gasteiger charge is -2.14. The maximum absolute atomic E-state index is 11.5. The second kappa shape index (κ2) is 6.93. The van der Waals surface area contributed by atoms with Gasteiger partial charge in [-0.05, 0) is 18.8 Å². The number of nitrogens with zero attached hydrogens (tertiary/aromatic N) is 1. The van der Waals surface area contributed by atoms with Gasteiger partial charge < -0.3 is 4.84 Å². The summed E-state index contributed by atoms with van der Waals surface area (Å²) in [4.78, 5) is 38.8. The van der Waals surface area contributed by atoms with Gasteiger partial charge in [-0.15, -0.1) is 11.6 Å². The Labute approximate surface area is 107 Å². The average molecular weight is 253 g/mol. The molecule has 18 heavy (non-hydrogen) atoms. The Kier molecular flexibility index (Phi) is 5.55. The second-order valence-electron chi connectivity index (χ2n) is 4.38. The van der Waals surface area contributed by atoms with E-state index >= 15 is 0 Å². The molecule has 0 radical (unpaired) electrons. The molecular formula is C13H19NO4. The van der Waals surface area contributed by atoms with E-state index in [0.29, 0.717) is 17.4 Å². The van der Waals surface area contributed by atoms with Crippen LogP contribution in [0.15, 0.2) is 12.7 Å². The Hall–Kier alpha value is -1.65. The number of hydrogen-bond donors (Lipinski definition) is 0. The normalized spacial score (nSPS) is 16.8. The molecule has 1 rings (SSSR count). The van der Waals surface area contributed by atoms with Gasteiger partial charge in [-0.2, -0.15) is 0 Å². The van der Waals surface area contributed by atoms with Crippen LogP contribution in [-0.4, -0.2) is 22.8 Å². The molecule has 1 aliphatic heterocycles. The number of hydroxylamine groups is 2. The smallest absolute Gasteiger partial charge is 0.330 e. The number of carbonyl (C=O) groups excluding carboxylic acids is 3. The fourth-order valence-electron chi connectivity index (χ4n) is 1.85. The van der Waals surface area contributed by atoms with E-state index in [4.69, 9.17) is 4.84 Å². The summed E-state index contributed by atoms with van der Waals surface area (Å²) >= 11 is 0. The van der Waals surface area contributed by atoms with Gasteiger partial charge >= 0.3 is 5.97 Å². The maximum Gasteiger partial charge on any atom is 0.333 e. The van der Waals surface area contributed by atoms with Crippen molar-refractivity contribution < 1.29 is 19.2 Å². The van der Waals surface area contributed by atoms with Gasteiger partial charge in [-0.1, -0.05) is 19.4 Å². The fraction of sp³-hybridized carbons (Fsp3) is 0.615. The topological polar surface area (TPSA) is 63.7 Å². The van der Waals surface area contributed by atoms with Crippen LogP contribution >= 0.6 is 0 Å². The van der Waals surface area contributed by atoms with Crippen LogP contribution in [0.4, 0.5) is 0 Å². The van der Waals surface area contributed by atoms with Gasteiger partial charge in [0, 0.05) is 19.3 Å². The summed E-state index contributed by atoms with van der Waals surface area (Å²) in [6.45, 7) is 5.71. The van der Waals surface area contributed by atoms with Crippen LogP contribution in [0, 0.1) is 5.92 Å². The quantitative estimate of drug-likeness (QED) is 0.514. The zero-order valence-corrected chi connectivity index (χ0v) is 10.7. The van der Waals surface area contributed by atoms with Gasteiger partial charge in [-0.3, -0.25) is 9.59 Å². The van der Waals surface area contributed by atoms with Gasteiger partial charge in [0.1, 0.15) is 0 Å². The summed E-state index contributed by atoms with van der Waals surface area (Å²) in [6, 6.07) is 0. The van der Waals surface area contributed by atoms with Crippen LogP contribution in [0.25, 0.3) is 0 Å². The molecule has 5 heteroatoms. The van der Waals surface area contributed by atoms with Crippen molar-refractivity contribution in [3.63, 3.8) is 0 Å². The Morgan fingerprint density at radius 1 is 1.44 bits per heavy atom. The molecule has 0 aliphatic carbocycles. The summed E-state index contributed by atoms with van der Waals surface area (Å²) in [5.41, 5.74) is 0. The molecule has 0 bridgehead atoms. The highest BCUT2D eigenvalue weighted by molar-refractivity contribution is 6.01. The van der Waals surface area contributed by atoms with Crippen molar-refractivity contribution >= 4 is 17.8 Å². The van der Waals surface area contributed by atoms with E-state index < -0.39 is 17.8 Å². The first kappa shape index (κ1) is 14.4. The first-order valence-corrected chi connectivity index (χ1v) is 6.26. The monoisotopic (exact) mass is 253 g/mol. The van der Waals surface area contributed by atoms with Crippen LogP contribution in [0.2, 0.25) is 0 Å². The van der Waals surface area contributed by atoms with E-state index in [9.17, 15) is 14.4 Å². The number of allylic oxidation sites excluding steroid dienone is 1. The largest absolute Gasteiger partial charge is 0.333 e. The fourth-order valence-corrected chi connectivity index (χ4v) is 1.85. The number of hydrogen-bond acceptors (Lipinski definition) is 4. The molecule has 0 N–H and O–H groups in total. The van der Waals surface area contributed by atoms with Crippen LogP contribution in [-0.2, 0) is 19.2 Å². The third-order valence-corrected chi connectivity index (χ3v) is 3.03. The van der Waals surface area contributed by atoms with Crippen molar-refractivity contribution in [2.24, 2.45) is 5.92 Å². The molecule has 0 saturated carbocycles. The lowest BCUT2D eigenvalue weighted by Crippen LogP contribution is -2.32. The Morgan fingerprint density at radius 3 is 2.56 bits per heavy atom. The minimum atomic E-state index is -0.527. The molecule has 0 spiro atoms. The Morgan fingerprint density at radius 2 is 2.06 bits per heavy atom. The molecule has 1 unspecified atom stereocenters. The Balaban J connectivity index is 2.35. The molecule has 0 aromatic heterocycles. The third kappa shape index (κ3) is 3.98. The summed E-state index contributed by atoms with van der Waals surface area (Å²) in [7, 11) is 0. The second-order valence-corrected chi connectivity index (χ2v) is 4.38. The van der Waals surface area contributed by atoms with Crippen LogP contribution < -0.4 is 0 Å². The molecule has 1 aliphatic rings. The van der Waals surface area contributed by atoms with Crippen LogP contribution in [0.3, 0.4) is 0 Å². The first-order chi connectivity index (χ1) is 8.58. The van der Waals surface area contributed by atoms with Crippen molar-refractivity contribution in [1.29, 1.82) is 0 Å². The number of amides is 2. The van der Waals surface area contributed by atoms with Crippen LogP contribution in [0.5, 0.6) is 0 Å². The molecule has 1 heterocycles. The van der Waals surface area contributed by atoms with Gasteiger partial charge in [0.2, 0.25) is 0 Å². The molecule has 5 nitrogen and oxygen atoms in total. The summed E-state index contributed by atoms with van der Waals surface area (Å²) < 4.78 is 0. The molecule has 0 aromatic rings. The molecule has 1 saturated heterocycles. The minimum Gasteiger partial charge on any atom is -0.330 e. The Bertz CT molecular complexity index is 335. The SMILES string of the molecule is C=CCC(CC)CCC(=O)ON1C(=O)CCC1=O. The highest BCUT2D eigenvalue weighted by Gasteiger charge is 2.32. The van der Waals surface area contributed by atoms with E-state index in [0.717, 1.165) is 12.8 Å². The molecular weight excluding hydrogens is 234 g/mol. The average Bonchev–Trinajstić information content (AvgIpc) is 2.66. The standard InChI is InChI=1S/C13H19NO4/c1-3-5-10(4-2)6-9-13(17)18-14-11(15)7-8-12(14)16/h3,10H,1,4-9H2,2H3. The first-order valence-electron chi connectivity index (χ1n) is 6.26. The number of carbonyl (C=O) groups is 3. The molecule has 100 valence electrons. The van der Waals surface area contributed by atoms with Gasteiger partial charge in [0.25, 0.3) is 11.8 Å². The van der Waals surface area contributed by atoms with Gasteiger partial charge in [0.05, 0.1) is 0 Å². The van der Waals surface area contributed by atoms with E-state index in [1.165, 1.54) is 0 Å². The lowest BCUT2D eigenvalue weighted by molar-refractivity contribution is -0.197. The minimum absolute atomic E-state index is 0.125. The summed E-state index contributed by atoms with van der Waals surface area (Å²) in [5, 5.41) is 0.594. The number of rotatable bonds is 7. The molecule has 0 aromatic carbocycles. The molecule has 2 amide bonds. The van der Waals surface area contributed by atoms with Crippen molar-refractivity contribution in [3.05, 3.63) is 12.7 Å². The van der Waals surface area contributed by atoms with Crippen molar-refractivity contribution in [2.45, 2.75) is 45.4 Å². The van der Waals surface area contributed by atoms with Crippen molar-refractivity contribution in [2.75, 3.05) is 0 Å². The lowest BCUT2D eigenvalue weighted by atomic mass is 9.97. The van der Waals surface area contributed by atoms with Gasteiger partial charge in [0.15, 0.2) is 0 Å². The van der Waals surface area contributed by atoms with Crippen LogP contribution in [0.1, 0.15) is 45.4 Å². The zero-order valence-electron chi connectivity index (χ0n) is 10.7. The van der Waals surface area contributed by atoms with E-state index in [1.807, 2.05) is 13.0 Å². The zero-order chi connectivity index (χ0) is 13.5. The molecule has 1 atom stereocenters. The third-order valence-electron chi connectivity index (χ3n) is 3.03. The molecule has 1 fully saturated rings. The highest BCUT2D eigenvalue weighted by atomic mass is 16.7. The summed E-state index contributed by atoms with van der Waals surface area (Å²) in [6.07, 6.45) is 4.78. The van der Waals surface area contributed by atoms with E-state index in [1.54, 1.807) is 0 Å². The van der Waals surface area contributed by atoms with Crippen molar-refractivity contribution in [1.82, 2.24) is 5.06 Å². The predicted molar refractivity (Wildman–Crippen MR) is 65.0 cm³/mol. The van der Waals surface area contributed by atoms with Crippen molar-refractivity contribution in [3.8, 4) is 0 Å². The predicted octanol–water partition coefficient (Wildman–Crippen LogP) is 1.98. The number of imide groups is 1. The van der Waals surface area contributed by atoms with E-state index in [-0.39, 0.29) is 19.3 Å².